The van der Waals surface area contributed by atoms with Gasteiger partial charge in [-0.3, -0.25) is 4.79 Å². The van der Waals surface area contributed by atoms with Crippen molar-refractivity contribution in [3.63, 3.8) is 0 Å². The summed E-state index contributed by atoms with van der Waals surface area (Å²) in [6, 6.07) is 4.20. The first-order valence-corrected chi connectivity index (χ1v) is 10.3. The summed E-state index contributed by atoms with van der Waals surface area (Å²) in [4.78, 5) is 25.8. The number of likely N-dealkylation sites (N-methyl/N-ethyl adjacent to an activating group) is 1. The van der Waals surface area contributed by atoms with Crippen molar-refractivity contribution in [2.75, 3.05) is 40.8 Å². The molecule has 28 heavy (non-hydrogen) atoms. The summed E-state index contributed by atoms with van der Waals surface area (Å²) in [5.41, 5.74) is -0.0699. The first-order chi connectivity index (χ1) is 12.8. The van der Waals surface area contributed by atoms with Gasteiger partial charge in [-0.1, -0.05) is 0 Å². The van der Waals surface area contributed by atoms with Crippen LogP contribution in [0.3, 0.4) is 0 Å². The Labute approximate surface area is 167 Å². The summed E-state index contributed by atoms with van der Waals surface area (Å²) in [6.07, 6.45) is 0. The second-order valence-electron chi connectivity index (χ2n) is 7.70. The highest BCUT2D eigenvalue weighted by Gasteiger charge is 2.30. The van der Waals surface area contributed by atoms with E-state index >= 15 is 0 Å². The molecule has 158 valence electrons. The molecule has 0 aliphatic rings. The van der Waals surface area contributed by atoms with Gasteiger partial charge in [-0.05, 0) is 65.6 Å². The highest BCUT2D eigenvalue weighted by atomic mass is 32.2. The quantitative estimate of drug-likeness (QED) is 0.598. The van der Waals surface area contributed by atoms with E-state index < -0.39 is 34.1 Å². The number of benzene rings is 1. The van der Waals surface area contributed by atoms with Gasteiger partial charge >= 0.3 is 11.9 Å². The molecule has 0 heterocycles. The van der Waals surface area contributed by atoms with E-state index in [1.165, 1.54) is 25.3 Å². The fraction of sp³-hybridized carbons (Fsp3) is 0.579. The summed E-state index contributed by atoms with van der Waals surface area (Å²) in [6.45, 7) is 6.91. The zero-order valence-corrected chi connectivity index (χ0v) is 18.4. The lowest BCUT2D eigenvalue weighted by Crippen LogP contribution is -2.42. The molecular formula is C19H30N2O6S. The zero-order chi connectivity index (χ0) is 21.7. The molecule has 0 aliphatic carbocycles. The molecule has 0 bridgehead atoms. The van der Waals surface area contributed by atoms with Crippen molar-refractivity contribution in [1.29, 1.82) is 0 Å². The van der Waals surface area contributed by atoms with Crippen LogP contribution in [0.2, 0.25) is 0 Å². The Morgan fingerprint density at radius 2 is 1.71 bits per heavy atom. The van der Waals surface area contributed by atoms with Crippen molar-refractivity contribution < 1.29 is 27.5 Å². The Kier molecular flexibility index (Phi) is 8.16. The molecular weight excluding hydrogens is 384 g/mol. The van der Waals surface area contributed by atoms with Gasteiger partial charge in [-0.25, -0.2) is 13.2 Å². The van der Waals surface area contributed by atoms with E-state index in [4.69, 9.17) is 4.74 Å². The first-order valence-electron chi connectivity index (χ1n) is 8.83. The van der Waals surface area contributed by atoms with Crippen LogP contribution in [0.4, 0.5) is 0 Å². The predicted octanol–water partition coefficient (Wildman–Crippen LogP) is 1.68. The Bertz CT molecular complexity index is 812. The fourth-order valence-electron chi connectivity index (χ4n) is 2.44. The third-order valence-corrected chi connectivity index (χ3v) is 5.74. The minimum absolute atomic E-state index is 0.0301. The highest BCUT2D eigenvalue weighted by Crippen LogP contribution is 2.22. The molecule has 1 rings (SSSR count). The predicted molar refractivity (Wildman–Crippen MR) is 106 cm³/mol. The summed E-state index contributed by atoms with van der Waals surface area (Å²) in [5, 5.41) is 0. The molecule has 0 aliphatic heterocycles. The molecule has 0 atom stereocenters. The van der Waals surface area contributed by atoms with Crippen LogP contribution in [-0.4, -0.2) is 76.0 Å². The number of methoxy groups -OCH3 is 1. The highest BCUT2D eigenvalue weighted by molar-refractivity contribution is 7.89. The zero-order valence-electron chi connectivity index (χ0n) is 17.6. The summed E-state index contributed by atoms with van der Waals surface area (Å²) in [5.74, 6) is -1.18. The SMILES string of the molecule is COC(=O)c1ccc(S(=O)(=O)N(CCN(C)C)CC(=O)OC(C)(C)C)c(C)c1. The van der Waals surface area contributed by atoms with Crippen molar-refractivity contribution in [1.82, 2.24) is 9.21 Å². The van der Waals surface area contributed by atoms with E-state index in [0.717, 1.165) is 4.31 Å². The minimum Gasteiger partial charge on any atom is -0.465 e. The topological polar surface area (TPSA) is 93.2 Å². The maximum absolute atomic E-state index is 13.2. The van der Waals surface area contributed by atoms with E-state index in [0.29, 0.717) is 12.1 Å². The molecule has 9 heteroatoms. The third-order valence-electron chi connectivity index (χ3n) is 3.74. The molecule has 0 saturated carbocycles. The smallest absolute Gasteiger partial charge is 0.337 e. The average Bonchev–Trinajstić information content (AvgIpc) is 2.55. The number of sulfonamides is 1. The van der Waals surface area contributed by atoms with E-state index in [2.05, 4.69) is 4.74 Å². The average molecular weight is 415 g/mol. The van der Waals surface area contributed by atoms with Crippen LogP contribution in [0.5, 0.6) is 0 Å². The Morgan fingerprint density at radius 1 is 1.11 bits per heavy atom. The van der Waals surface area contributed by atoms with Crippen molar-refractivity contribution in [2.45, 2.75) is 38.2 Å². The number of aryl methyl sites for hydroxylation is 1. The maximum Gasteiger partial charge on any atom is 0.337 e. The van der Waals surface area contributed by atoms with Crippen molar-refractivity contribution in [3.8, 4) is 0 Å². The molecule has 0 fully saturated rings. The number of hydrogen-bond donors (Lipinski definition) is 0. The van der Waals surface area contributed by atoms with Gasteiger partial charge in [0.1, 0.15) is 12.1 Å². The lowest BCUT2D eigenvalue weighted by Gasteiger charge is -2.26. The second-order valence-corrected chi connectivity index (χ2v) is 9.61. The van der Waals surface area contributed by atoms with Crippen LogP contribution in [0, 0.1) is 6.92 Å². The van der Waals surface area contributed by atoms with E-state index in [-0.39, 0.29) is 17.0 Å². The van der Waals surface area contributed by atoms with Gasteiger partial charge in [0.15, 0.2) is 0 Å². The number of nitrogens with zero attached hydrogens (tertiary/aromatic N) is 2. The number of carbonyl (C=O) groups is 2. The van der Waals surface area contributed by atoms with E-state index in [1.807, 2.05) is 19.0 Å². The number of ether oxygens (including phenoxy) is 2. The van der Waals surface area contributed by atoms with Gasteiger partial charge in [0.05, 0.1) is 17.6 Å². The summed E-state index contributed by atoms with van der Waals surface area (Å²) in [7, 11) is 0.911. The largest absolute Gasteiger partial charge is 0.465 e. The van der Waals surface area contributed by atoms with Crippen LogP contribution in [-0.2, 0) is 24.3 Å². The fourth-order valence-corrected chi connectivity index (χ4v) is 4.02. The van der Waals surface area contributed by atoms with Crippen LogP contribution >= 0.6 is 0 Å². The molecule has 0 unspecified atom stereocenters. The molecule has 0 aromatic heterocycles. The van der Waals surface area contributed by atoms with Gasteiger partial charge in [0.25, 0.3) is 0 Å². The Morgan fingerprint density at radius 3 is 2.18 bits per heavy atom. The number of esters is 2. The third kappa shape index (κ3) is 6.88. The first kappa shape index (κ1) is 24.1. The number of rotatable bonds is 8. The standard InChI is InChI=1S/C19H30N2O6S/c1-14-12-15(18(23)26-7)8-9-16(14)28(24,25)21(11-10-20(5)6)13-17(22)27-19(2,3)4/h8-9,12H,10-11,13H2,1-7H3. The van der Waals surface area contributed by atoms with Gasteiger partial charge < -0.3 is 14.4 Å². The monoisotopic (exact) mass is 414 g/mol. The Balaban J connectivity index is 3.23. The molecule has 1 aromatic rings. The van der Waals surface area contributed by atoms with Crippen molar-refractivity contribution >= 4 is 22.0 Å². The summed E-state index contributed by atoms with van der Waals surface area (Å²) >= 11 is 0. The van der Waals surface area contributed by atoms with Crippen molar-refractivity contribution in [2.24, 2.45) is 0 Å². The normalized spacial score (nSPS) is 12.3. The molecule has 8 nitrogen and oxygen atoms in total. The molecule has 1 aromatic carbocycles. The maximum atomic E-state index is 13.2. The summed E-state index contributed by atoms with van der Waals surface area (Å²) < 4.78 is 37.4. The lowest BCUT2D eigenvalue weighted by molar-refractivity contribution is -0.155. The number of carbonyl (C=O) groups excluding carboxylic acids is 2. The van der Waals surface area contributed by atoms with Crippen LogP contribution in [0.15, 0.2) is 23.1 Å². The van der Waals surface area contributed by atoms with Gasteiger partial charge in [-0.2, -0.15) is 4.31 Å². The van der Waals surface area contributed by atoms with Gasteiger partial charge in [-0.15, -0.1) is 0 Å². The lowest BCUT2D eigenvalue weighted by atomic mass is 10.1. The number of hydrogen-bond acceptors (Lipinski definition) is 7. The minimum atomic E-state index is -3.97. The Hall–Kier alpha value is -1.97. The van der Waals surface area contributed by atoms with Crippen LogP contribution < -0.4 is 0 Å². The molecule has 0 radical (unpaired) electrons. The van der Waals surface area contributed by atoms with E-state index in [9.17, 15) is 18.0 Å². The molecule has 0 spiro atoms. The van der Waals surface area contributed by atoms with Crippen molar-refractivity contribution in [3.05, 3.63) is 29.3 Å². The molecule has 0 N–H and O–H groups in total. The molecule has 0 saturated heterocycles. The van der Waals surface area contributed by atoms with Gasteiger partial charge in [0, 0.05) is 13.1 Å². The molecule has 0 amide bonds. The second kappa shape index (κ2) is 9.49. The van der Waals surface area contributed by atoms with Crippen LogP contribution in [0.25, 0.3) is 0 Å². The van der Waals surface area contributed by atoms with Crippen LogP contribution in [0.1, 0.15) is 36.7 Å². The van der Waals surface area contributed by atoms with Gasteiger partial charge in [0.2, 0.25) is 10.0 Å². The van der Waals surface area contributed by atoms with E-state index in [1.54, 1.807) is 27.7 Å².